The highest BCUT2D eigenvalue weighted by atomic mass is 19.4. The number of pyridine rings is 1. The standard InChI is InChI=1S/C21H20F6N2O3/c22-20(23,24)13-32-17-14(3-2-8-28-17)12-29-18(30)19(6-9-31-10-7-19)15-4-1-5-16(11-15)21(25,26)27/h1-5,8,11H,6-7,9-10,12-13H2,(H,29,30). The van der Waals surface area contributed by atoms with Crippen molar-refractivity contribution in [3.05, 3.63) is 59.3 Å². The van der Waals surface area contributed by atoms with E-state index in [-0.39, 0.29) is 49.6 Å². The lowest BCUT2D eigenvalue weighted by Crippen LogP contribution is -2.48. The molecule has 2 heterocycles. The summed E-state index contributed by atoms with van der Waals surface area (Å²) in [5, 5.41) is 2.63. The molecule has 0 bridgehead atoms. The van der Waals surface area contributed by atoms with E-state index in [2.05, 4.69) is 10.3 Å². The summed E-state index contributed by atoms with van der Waals surface area (Å²) in [6.45, 7) is -1.40. The van der Waals surface area contributed by atoms with E-state index in [4.69, 9.17) is 9.47 Å². The molecule has 0 spiro atoms. The van der Waals surface area contributed by atoms with Crippen LogP contribution in [0.15, 0.2) is 42.6 Å². The molecule has 1 amide bonds. The molecule has 0 atom stereocenters. The van der Waals surface area contributed by atoms with Crippen molar-refractivity contribution in [2.24, 2.45) is 0 Å². The van der Waals surface area contributed by atoms with Crippen molar-refractivity contribution in [2.45, 2.75) is 37.2 Å². The number of amides is 1. The van der Waals surface area contributed by atoms with Crippen LogP contribution in [0.1, 0.15) is 29.5 Å². The Labute approximate surface area is 179 Å². The van der Waals surface area contributed by atoms with Gasteiger partial charge in [0, 0.05) is 31.5 Å². The van der Waals surface area contributed by atoms with Gasteiger partial charge in [-0.05, 0) is 30.5 Å². The normalized spacial score (nSPS) is 16.4. The summed E-state index contributed by atoms with van der Waals surface area (Å²) in [7, 11) is 0. The number of ether oxygens (including phenoxy) is 2. The Kier molecular flexibility index (Phi) is 6.97. The van der Waals surface area contributed by atoms with E-state index >= 15 is 0 Å². The van der Waals surface area contributed by atoms with Crippen LogP contribution in [0.3, 0.4) is 0 Å². The van der Waals surface area contributed by atoms with E-state index in [0.717, 1.165) is 12.1 Å². The van der Waals surface area contributed by atoms with Crippen LogP contribution in [0.5, 0.6) is 5.88 Å². The average Bonchev–Trinajstić information content (AvgIpc) is 2.76. The van der Waals surface area contributed by atoms with Gasteiger partial charge in [0.1, 0.15) is 0 Å². The van der Waals surface area contributed by atoms with Gasteiger partial charge in [0.2, 0.25) is 11.8 Å². The van der Waals surface area contributed by atoms with E-state index in [9.17, 15) is 31.1 Å². The SMILES string of the molecule is O=C(NCc1cccnc1OCC(F)(F)F)C1(c2cccc(C(F)(F)F)c2)CCOCC1. The first kappa shape index (κ1) is 23.8. The van der Waals surface area contributed by atoms with Crippen LogP contribution in [0.4, 0.5) is 26.3 Å². The highest BCUT2D eigenvalue weighted by Crippen LogP contribution is 2.38. The van der Waals surface area contributed by atoms with E-state index in [1.165, 1.54) is 30.5 Å². The van der Waals surface area contributed by atoms with Crippen LogP contribution in [0.25, 0.3) is 0 Å². The van der Waals surface area contributed by atoms with Gasteiger partial charge in [-0.2, -0.15) is 26.3 Å². The Hall–Kier alpha value is -2.82. The molecule has 0 aliphatic carbocycles. The Bertz CT molecular complexity index is 940. The van der Waals surface area contributed by atoms with E-state index in [1.807, 2.05) is 0 Å². The zero-order valence-electron chi connectivity index (χ0n) is 16.7. The number of nitrogens with one attached hydrogen (secondary N) is 1. The summed E-state index contributed by atoms with van der Waals surface area (Å²) >= 11 is 0. The molecular formula is C21H20F6N2O3. The summed E-state index contributed by atoms with van der Waals surface area (Å²) in [5.41, 5.74) is -1.73. The fraction of sp³-hybridized carbons (Fsp3) is 0.429. The maximum absolute atomic E-state index is 13.2. The first-order chi connectivity index (χ1) is 15.0. The molecule has 0 unspecified atom stereocenters. The smallest absolute Gasteiger partial charge is 0.422 e. The Morgan fingerprint density at radius 2 is 1.81 bits per heavy atom. The van der Waals surface area contributed by atoms with Crippen LogP contribution in [0, 0.1) is 0 Å². The fourth-order valence-electron chi connectivity index (χ4n) is 3.54. The zero-order chi connectivity index (χ0) is 23.4. The molecule has 11 heteroatoms. The second kappa shape index (κ2) is 9.35. The lowest BCUT2D eigenvalue weighted by Gasteiger charge is -2.36. The third-order valence-electron chi connectivity index (χ3n) is 5.19. The second-order valence-electron chi connectivity index (χ2n) is 7.33. The largest absolute Gasteiger partial charge is 0.468 e. The van der Waals surface area contributed by atoms with E-state index < -0.39 is 35.8 Å². The minimum Gasteiger partial charge on any atom is -0.468 e. The Morgan fingerprint density at radius 1 is 1.09 bits per heavy atom. The summed E-state index contributed by atoms with van der Waals surface area (Å²) in [6.07, 6.45) is -7.57. The first-order valence-corrected chi connectivity index (χ1v) is 9.68. The molecule has 1 fully saturated rings. The summed E-state index contributed by atoms with van der Waals surface area (Å²) < 4.78 is 87.0. The highest BCUT2D eigenvalue weighted by molar-refractivity contribution is 5.88. The molecule has 1 saturated heterocycles. The molecule has 32 heavy (non-hydrogen) atoms. The van der Waals surface area contributed by atoms with Crippen molar-refractivity contribution in [1.29, 1.82) is 0 Å². The van der Waals surface area contributed by atoms with Gasteiger partial charge in [0.25, 0.3) is 0 Å². The molecule has 0 saturated carbocycles. The Morgan fingerprint density at radius 3 is 2.47 bits per heavy atom. The number of hydrogen-bond donors (Lipinski definition) is 1. The lowest BCUT2D eigenvalue weighted by molar-refractivity contribution is -0.154. The van der Waals surface area contributed by atoms with Crippen molar-refractivity contribution < 1.29 is 40.6 Å². The van der Waals surface area contributed by atoms with Gasteiger partial charge in [0.05, 0.1) is 11.0 Å². The monoisotopic (exact) mass is 462 g/mol. The number of nitrogens with zero attached hydrogens (tertiary/aromatic N) is 1. The lowest BCUT2D eigenvalue weighted by atomic mass is 9.73. The summed E-state index contributed by atoms with van der Waals surface area (Å²) in [6, 6.07) is 7.50. The molecule has 174 valence electrons. The molecule has 0 radical (unpaired) electrons. The molecule has 1 aromatic carbocycles. The van der Waals surface area contributed by atoms with Gasteiger partial charge < -0.3 is 14.8 Å². The van der Waals surface area contributed by atoms with Gasteiger partial charge in [-0.3, -0.25) is 4.79 Å². The van der Waals surface area contributed by atoms with Crippen LogP contribution >= 0.6 is 0 Å². The molecule has 1 aliphatic rings. The number of carbonyl (C=O) groups is 1. The van der Waals surface area contributed by atoms with Crippen molar-refractivity contribution in [2.75, 3.05) is 19.8 Å². The van der Waals surface area contributed by atoms with Crippen molar-refractivity contribution >= 4 is 5.91 Å². The minimum atomic E-state index is -4.57. The second-order valence-corrected chi connectivity index (χ2v) is 7.33. The van der Waals surface area contributed by atoms with Crippen LogP contribution in [-0.4, -0.2) is 36.9 Å². The van der Waals surface area contributed by atoms with Gasteiger partial charge in [-0.1, -0.05) is 24.3 Å². The topological polar surface area (TPSA) is 60.5 Å². The van der Waals surface area contributed by atoms with E-state index in [1.54, 1.807) is 0 Å². The van der Waals surface area contributed by atoms with Crippen molar-refractivity contribution in [1.82, 2.24) is 10.3 Å². The predicted molar refractivity (Wildman–Crippen MR) is 101 cm³/mol. The van der Waals surface area contributed by atoms with Crippen LogP contribution < -0.4 is 10.1 Å². The van der Waals surface area contributed by atoms with Crippen LogP contribution in [-0.2, 0) is 27.7 Å². The quantitative estimate of drug-likeness (QED) is 0.647. The van der Waals surface area contributed by atoms with E-state index in [0.29, 0.717) is 0 Å². The van der Waals surface area contributed by atoms with Gasteiger partial charge in [-0.15, -0.1) is 0 Å². The summed E-state index contributed by atoms with van der Waals surface area (Å²) in [5.74, 6) is -0.837. The highest BCUT2D eigenvalue weighted by Gasteiger charge is 2.43. The van der Waals surface area contributed by atoms with Gasteiger partial charge in [-0.25, -0.2) is 4.98 Å². The molecule has 1 N–H and O–H groups in total. The molecule has 5 nitrogen and oxygen atoms in total. The minimum absolute atomic E-state index is 0.157. The zero-order valence-corrected chi connectivity index (χ0v) is 16.7. The van der Waals surface area contributed by atoms with Crippen LogP contribution in [0.2, 0.25) is 0 Å². The third-order valence-corrected chi connectivity index (χ3v) is 5.19. The maximum Gasteiger partial charge on any atom is 0.422 e. The number of rotatable bonds is 6. The third kappa shape index (κ3) is 5.70. The molecule has 3 rings (SSSR count). The number of halogens is 6. The number of benzene rings is 1. The van der Waals surface area contributed by atoms with Gasteiger partial charge >= 0.3 is 12.4 Å². The summed E-state index contributed by atoms with van der Waals surface area (Å²) in [4.78, 5) is 17.0. The fourth-order valence-corrected chi connectivity index (χ4v) is 3.54. The average molecular weight is 462 g/mol. The first-order valence-electron chi connectivity index (χ1n) is 9.68. The Balaban J connectivity index is 1.82. The number of carbonyl (C=O) groups excluding carboxylic acids is 1. The number of aromatic nitrogens is 1. The maximum atomic E-state index is 13.2. The number of alkyl halides is 6. The van der Waals surface area contributed by atoms with Crippen molar-refractivity contribution in [3.8, 4) is 5.88 Å². The molecule has 2 aromatic rings. The molecule has 1 aromatic heterocycles. The van der Waals surface area contributed by atoms with Gasteiger partial charge in [0.15, 0.2) is 6.61 Å². The number of hydrogen-bond acceptors (Lipinski definition) is 4. The van der Waals surface area contributed by atoms with Crippen molar-refractivity contribution in [3.63, 3.8) is 0 Å². The molecular weight excluding hydrogens is 442 g/mol. The molecule has 1 aliphatic heterocycles. The predicted octanol–water partition coefficient (Wildman–Crippen LogP) is 4.41.